The number of carbonyl (C=O) groups excluding carboxylic acids is 6. The normalized spacial score (nSPS) is 19.8. The van der Waals surface area contributed by atoms with Gasteiger partial charge < -0.3 is 73.6 Å². The molecule has 6 saturated heterocycles. The van der Waals surface area contributed by atoms with Crippen molar-refractivity contribution in [3.05, 3.63) is 221 Å². The molecule has 0 saturated carbocycles. The molecule has 592 valence electrons. The summed E-state index contributed by atoms with van der Waals surface area (Å²) in [6.07, 6.45) is -4.21. The molecule has 4 bridgehead atoms. The minimum Gasteiger partial charge on any atom is -0.554 e. The highest BCUT2D eigenvalue weighted by Crippen LogP contribution is 2.35. The molecule has 6 fully saturated rings. The van der Waals surface area contributed by atoms with Crippen LogP contribution in [-0.2, 0) is 93.2 Å². The predicted octanol–water partition coefficient (Wildman–Crippen LogP) is 8.78. The van der Waals surface area contributed by atoms with Crippen LogP contribution >= 0.6 is 0 Å². The van der Waals surface area contributed by atoms with Crippen molar-refractivity contribution in [2.24, 2.45) is 35.1 Å². The van der Waals surface area contributed by atoms with Crippen molar-refractivity contribution in [1.82, 2.24) is 0 Å². The lowest BCUT2D eigenvalue weighted by molar-refractivity contribution is -1.08. The summed E-state index contributed by atoms with van der Waals surface area (Å²) < 4.78 is 81.5. The third-order valence-corrected chi connectivity index (χ3v) is 20.7. The molecule has 6 aliphatic rings. The van der Waals surface area contributed by atoms with Gasteiger partial charge in [-0.2, -0.15) is 26.3 Å². The Bertz CT molecular complexity index is 4080. The van der Waals surface area contributed by atoms with E-state index >= 15 is 0 Å². The molecule has 110 heavy (non-hydrogen) atoms. The highest BCUT2D eigenvalue weighted by atomic mass is 19.4. The molecule has 0 aliphatic carbocycles. The first-order chi connectivity index (χ1) is 51.6. The number of benzene rings is 7. The number of piperazine rings is 6. The van der Waals surface area contributed by atoms with E-state index in [1.54, 1.807) is 7.11 Å². The van der Waals surface area contributed by atoms with Crippen LogP contribution in [0.4, 0.5) is 26.3 Å². The standard InChI is InChI=1S/C45H54N3O6.C33H37N3O5.C2HF3O2.CHF3.CH2O2.CH4/c1-45(2,3)54-44(51)41(40(28-33-8-6-5-7-9-33)43(50)53-32-36-14-20-39(52-4)21-15-36)29-34-10-16-37(17-11-34)38-18-12-35(13-19-38)30-47-22-25-48(26-23-47,27-24-47)31-42(46)49;34-31(37)23-36-17-14-35(15-18-36,16-19-36)22-26-8-12-28(13-9-26)27-10-6-25(7-11-27)21-30(33(40)41)29(32(38)39)20-24-4-2-1-3-5-24;3-2(4,5)1(6)7;2-1(3)4;2-1-3;/h5-21,40-41H,22-32H2,1-4H3,(H-,46,49);1-13,29-30H,14-23H2,(H2-2,34,37,38,39,40,41);(H,6,7);1H;1H,(H,2,3);1H4/q+1;;;;;/p+1/t40-,41+,47?,48?;29-,30-,35?,36?;;;;/m10..../s1. The third kappa shape index (κ3) is 27.0. The van der Waals surface area contributed by atoms with E-state index in [2.05, 4.69) is 60.7 Å². The molecular weight excluding hydrogens is 1430 g/mol. The molecule has 0 aromatic heterocycles. The van der Waals surface area contributed by atoms with Gasteiger partial charge in [0.05, 0.1) is 30.8 Å². The van der Waals surface area contributed by atoms with Crippen LogP contribution in [0.5, 0.6) is 5.75 Å². The molecule has 7 aromatic rings. The first kappa shape index (κ1) is 88.4. The molecule has 21 nitrogen and oxygen atoms in total. The lowest BCUT2D eigenvalue weighted by atomic mass is 9.82. The summed E-state index contributed by atoms with van der Waals surface area (Å²) >= 11 is 0. The van der Waals surface area contributed by atoms with Crippen molar-refractivity contribution in [2.45, 2.75) is 92.0 Å². The Morgan fingerprint density at radius 1 is 0.455 bits per heavy atom. The fraction of sp³-hybridized carbons (Fsp3) is 0.398. The molecule has 0 unspecified atom stereocenters. The topological polar surface area (TPSA) is 303 Å². The van der Waals surface area contributed by atoms with Crippen LogP contribution in [-0.4, -0.2) is 193 Å². The van der Waals surface area contributed by atoms with Crippen LogP contribution in [0.2, 0.25) is 0 Å². The average molecular weight is 1540 g/mol. The SMILES string of the molecule is C.COc1ccc(COC(=O)[C@H](Cc2ccccc2)[C@H](Cc2ccc(-c3ccc(C[N+]45CC[N+](CC(N)=O)(CC4)CC5)cc3)cc2)C(=O)OC(C)(C)C)cc1.FC(F)F.NC(=O)C[N+]12CC[N+](Cc3ccc(-c4ccc(C[C@H](C(=O)O)[C@H](Cc5ccccc5)C(=O)O)cc4)cc3)(CC1)CC2.O=C([O-])C(F)(F)F.O=C[O-]. The molecule has 6 heterocycles. The largest absolute Gasteiger partial charge is 0.554 e. The number of primary amides is 2. The van der Waals surface area contributed by atoms with E-state index < -0.39 is 78.4 Å². The Balaban J connectivity index is 0.000000298. The number of hydrogen-bond acceptors (Lipinski definition) is 13. The number of carboxylic acid groups (broad SMARTS) is 4. The molecule has 0 radical (unpaired) electrons. The molecule has 6 aliphatic heterocycles. The number of ether oxygens (including phenoxy) is 3. The van der Waals surface area contributed by atoms with Crippen molar-refractivity contribution in [1.29, 1.82) is 0 Å². The Morgan fingerprint density at radius 2 is 0.718 bits per heavy atom. The number of nitrogens with zero attached hydrogens (tertiary/aromatic N) is 4. The fourth-order valence-corrected chi connectivity index (χ4v) is 14.7. The first-order valence-corrected chi connectivity index (χ1v) is 35.7. The van der Waals surface area contributed by atoms with Crippen LogP contribution in [0.25, 0.3) is 22.3 Å². The summed E-state index contributed by atoms with van der Waals surface area (Å²) in [6, 6.07) is 59.7. The Labute approximate surface area is 637 Å². The number of esters is 2. The number of quaternary nitrogens is 4. The second-order valence-electron chi connectivity index (χ2n) is 29.4. The summed E-state index contributed by atoms with van der Waals surface area (Å²) in [6.45, 7) is 16.9. The zero-order valence-corrected chi connectivity index (χ0v) is 61.5. The lowest BCUT2D eigenvalue weighted by Crippen LogP contribution is -2.75. The van der Waals surface area contributed by atoms with Crippen molar-refractivity contribution in [3.63, 3.8) is 0 Å². The van der Waals surface area contributed by atoms with Gasteiger partial charge in [-0.15, -0.1) is 0 Å². The third-order valence-electron chi connectivity index (χ3n) is 20.7. The van der Waals surface area contributed by atoms with Gasteiger partial charge in [0.1, 0.15) is 116 Å². The molecule has 0 spiro atoms. The van der Waals surface area contributed by atoms with Gasteiger partial charge in [0.15, 0.2) is 13.1 Å². The number of halogens is 6. The molecule has 6 N–H and O–H groups in total. The monoisotopic (exact) mass is 1530 g/mol. The average Bonchev–Trinajstić information content (AvgIpc) is 0.758. The zero-order valence-electron chi connectivity index (χ0n) is 61.5. The van der Waals surface area contributed by atoms with Gasteiger partial charge in [-0.25, -0.2) is 0 Å². The maximum absolute atomic E-state index is 14.0. The van der Waals surface area contributed by atoms with Gasteiger partial charge in [0, 0.05) is 17.6 Å². The van der Waals surface area contributed by atoms with E-state index in [1.165, 1.54) is 11.1 Å². The van der Waals surface area contributed by atoms with Crippen molar-refractivity contribution >= 4 is 48.1 Å². The highest BCUT2D eigenvalue weighted by molar-refractivity contribution is 5.83. The number of carbonyl (C=O) groups is 8. The van der Waals surface area contributed by atoms with Crippen molar-refractivity contribution in [2.75, 3.05) is 98.7 Å². The Hall–Kier alpha value is -10.5. The maximum atomic E-state index is 14.0. The number of fused-ring (bicyclic) bond motifs is 6. The fourth-order valence-electron chi connectivity index (χ4n) is 14.7. The number of amides is 2. The van der Waals surface area contributed by atoms with E-state index in [0.717, 1.165) is 165 Å². The van der Waals surface area contributed by atoms with E-state index in [9.17, 15) is 65.3 Å². The number of methoxy groups -OCH3 is 1. The molecule has 2 amide bonds. The Kier molecular flexibility index (Phi) is 32.4. The lowest BCUT2D eigenvalue weighted by Gasteiger charge is -2.55. The molecule has 13 rings (SSSR count). The van der Waals surface area contributed by atoms with Gasteiger partial charge in [0.2, 0.25) is 0 Å². The van der Waals surface area contributed by atoms with Crippen LogP contribution in [0.1, 0.15) is 67.1 Å². The quantitative estimate of drug-likeness (QED) is 0.0162. The smallest absolute Gasteiger partial charge is 0.430 e. The predicted molar refractivity (Wildman–Crippen MR) is 395 cm³/mol. The van der Waals surface area contributed by atoms with Crippen molar-refractivity contribution < 1.29 is 117 Å². The van der Waals surface area contributed by atoms with Crippen LogP contribution in [0, 0.1) is 23.7 Å². The van der Waals surface area contributed by atoms with Crippen LogP contribution in [0.3, 0.4) is 0 Å². The molecular formula is C83H100F6N6O15+2. The molecule has 4 atom stereocenters. The number of hydrogen-bond donors (Lipinski definition) is 4. The van der Waals surface area contributed by atoms with E-state index in [0.29, 0.717) is 25.9 Å². The van der Waals surface area contributed by atoms with Crippen molar-refractivity contribution in [3.8, 4) is 28.0 Å². The number of carboxylic acids is 3. The molecule has 27 heteroatoms. The first-order valence-electron chi connectivity index (χ1n) is 35.7. The van der Waals surface area contributed by atoms with Gasteiger partial charge in [0.25, 0.3) is 11.8 Å². The minimum absolute atomic E-state index is 0. The minimum atomic E-state index is -5.19. The van der Waals surface area contributed by atoms with Crippen LogP contribution < -0.4 is 26.4 Å². The second-order valence-corrected chi connectivity index (χ2v) is 29.4. The van der Waals surface area contributed by atoms with Gasteiger partial charge in [-0.1, -0.05) is 177 Å². The van der Waals surface area contributed by atoms with Gasteiger partial charge in [-0.3, -0.25) is 28.8 Å². The number of rotatable bonds is 27. The van der Waals surface area contributed by atoms with E-state index in [4.69, 9.17) is 45.5 Å². The summed E-state index contributed by atoms with van der Waals surface area (Å²) in [7, 11) is 1.61. The van der Waals surface area contributed by atoms with Gasteiger partial charge >= 0.3 is 36.7 Å². The van der Waals surface area contributed by atoms with Gasteiger partial charge in [-0.05, 0) is 109 Å². The molecule has 7 aromatic carbocycles. The Morgan fingerprint density at radius 3 is 0.991 bits per heavy atom. The van der Waals surface area contributed by atoms with E-state index in [-0.39, 0.29) is 38.7 Å². The number of aliphatic carboxylic acids is 3. The maximum Gasteiger partial charge on any atom is 0.430 e. The van der Waals surface area contributed by atoms with Crippen LogP contribution in [0.15, 0.2) is 182 Å². The second kappa shape index (κ2) is 40.3. The summed E-state index contributed by atoms with van der Waals surface area (Å²) in [5.41, 5.74) is 21.6. The number of nitrogens with two attached hydrogens (primary N) is 2. The highest BCUT2D eigenvalue weighted by Gasteiger charge is 2.51. The zero-order chi connectivity index (χ0) is 79.7. The summed E-state index contributed by atoms with van der Waals surface area (Å²) in [4.78, 5) is 92.3. The summed E-state index contributed by atoms with van der Waals surface area (Å²) in [5, 5.41) is 36.8. The summed E-state index contributed by atoms with van der Waals surface area (Å²) in [5.74, 6) is -9.33. The number of alkyl halides is 6. The van der Waals surface area contributed by atoms with E-state index in [1.807, 2.05) is 142 Å².